The summed E-state index contributed by atoms with van der Waals surface area (Å²) < 4.78 is 21.6. The summed E-state index contributed by atoms with van der Waals surface area (Å²) in [7, 11) is 4.61. The van der Waals surface area contributed by atoms with Gasteiger partial charge in [-0.2, -0.15) is 0 Å². The van der Waals surface area contributed by atoms with Crippen molar-refractivity contribution in [2.24, 2.45) is 0 Å². The average molecular weight is 376 g/mol. The molecular formula is C19H18ClNO5. The van der Waals surface area contributed by atoms with Gasteiger partial charge >= 0.3 is 0 Å². The predicted molar refractivity (Wildman–Crippen MR) is 98.0 cm³/mol. The molecule has 0 aliphatic heterocycles. The third-order valence-electron chi connectivity index (χ3n) is 3.99. The van der Waals surface area contributed by atoms with Gasteiger partial charge in [-0.05, 0) is 36.4 Å². The summed E-state index contributed by atoms with van der Waals surface area (Å²) in [5.74, 6) is 1.93. The lowest BCUT2D eigenvalue weighted by Gasteiger charge is -2.13. The maximum atomic E-state index is 9.91. The Morgan fingerprint density at radius 3 is 2.08 bits per heavy atom. The van der Waals surface area contributed by atoms with E-state index in [1.165, 1.54) is 21.3 Å². The SMILES string of the molecule is COc1cc(-c2noc(-c3ccc(Cl)cc3)c2CO)cc(OC)c1OC. The fourth-order valence-electron chi connectivity index (χ4n) is 2.73. The maximum absolute atomic E-state index is 9.91. The number of hydrogen-bond acceptors (Lipinski definition) is 6. The highest BCUT2D eigenvalue weighted by Gasteiger charge is 2.22. The first-order valence-corrected chi connectivity index (χ1v) is 8.16. The van der Waals surface area contributed by atoms with E-state index in [-0.39, 0.29) is 6.61 Å². The summed E-state index contributed by atoms with van der Waals surface area (Å²) in [5, 5.41) is 14.7. The van der Waals surface area contributed by atoms with E-state index < -0.39 is 0 Å². The minimum absolute atomic E-state index is 0.243. The Morgan fingerprint density at radius 2 is 1.58 bits per heavy atom. The molecule has 0 saturated heterocycles. The monoisotopic (exact) mass is 375 g/mol. The van der Waals surface area contributed by atoms with Crippen molar-refractivity contribution in [3.63, 3.8) is 0 Å². The molecule has 0 fully saturated rings. The number of nitrogens with zero attached hydrogens (tertiary/aromatic N) is 1. The number of aliphatic hydroxyl groups is 1. The molecule has 6 nitrogen and oxygen atoms in total. The fraction of sp³-hybridized carbons (Fsp3) is 0.211. The van der Waals surface area contributed by atoms with Crippen molar-refractivity contribution in [3.8, 4) is 39.8 Å². The van der Waals surface area contributed by atoms with Crippen molar-refractivity contribution in [2.75, 3.05) is 21.3 Å². The van der Waals surface area contributed by atoms with E-state index in [4.69, 9.17) is 30.3 Å². The average Bonchev–Trinajstić information content (AvgIpc) is 3.11. The molecule has 3 rings (SSSR count). The van der Waals surface area contributed by atoms with E-state index in [1.54, 1.807) is 36.4 Å². The molecule has 136 valence electrons. The summed E-state index contributed by atoms with van der Waals surface area (Å²) in [5.41, 5.74) is 2.50. The van der Waals surface area contributed by atoms with Crippen molar-refractivity contribution in [2.45, 2.75) is 6.61 Å². The lowest BCUT2D eigenvalue weighted by molar-refractivity contribution is 0.281. The van der Waals surface area contributed by atoms with E-state index in [0.29, 0.717) is 44.9 Å². The number of methoxy groups -OCH3 is 3. The zero-order chi connectivity index (χ0) is 18.7. The van der Waals surface area contributed by atoms with Gasteiger partial charge in [0.15, 0.2) is 17.3 Å². The van der Waals surface area contributed by atoms with Crippen molar-refractivity contribution < 1.29 is 23.8 Å². The molecule has 0 aliphatic carbocycles. The van der Waals surface area contributed by atoms with Crippen LogP contribution in [0.4, 0.5) is 0 Å². The van der Waals surface area contributed by atoms with Crippen LogP contribution in [-0.2, 0) is 6.61 Å². The molecule has 26 heavy (non-hydrogen) atoms. The molecule has 0 atom stereocenters. The maximum Gasteiger partial charge on any atom is 0.203 e. The molecule has 0 saturated carbocycles. The topological polar surface area (TPSA) is 74.0 Å². The number of rotatable bonds is 6. The van der Waals surface area contributed by atoms with Crippen molar-refractivity contribution in [3.05, 3.63) is 47.0 Å². The Kier molecular flexibility index (Phi) is 5.35. The van der Waals surface area contributed by atoms with Crippen LogP contribution in [-0.4, -0.2) is 31.6 Å². The second-order valence-corrected chi connectivity index (χ2v) is 5.85. The van der Waals surface area contributed by atoms with Crippen molar-refractivity contribution in [1.82, 2.24) is 5.16 Å². The van der Waals surface area contributed by atoms with Crippen LogP contribution in [0.5, 0.6) is 17.2 Å². The Balaban J connectivity index is 2.14. The van der Waals surface area contributed by atoms with E-state index >= 15 is 0 Å². The second kappa shape index (κ2) is 7.68. The molecule has 3 aromatic rings. The predicted octanol–water partition coefficient (Wildman–Crippen LogP) is 4.18. The Hall–Kier alpha value is -2.70. The van der Waals surface area contributed by atoms with Gasteiger partial charge in [-0.3, -0.25) is 0 Å². The standard InChI is InChI=1S/C19H18ClNO5/c1-23-15-8-12(9-16(24-2)19(15)25-3)17-14(10-22)18(26-21-17)11-4-6-13(20)7-5-11/h4-9,22H,10H2,1-3H3. The van der Waals surface area contributed by atoms with Gasteiger partial charge in [-0.1, -0.05) is 16.8 Å². The van der Waals surface area contributed by atoms with Gasteiger partial charge in [0, 0.05) is 16.1 Å². The number of aliphatic hydroxyl groups excluding tert-OH is 1. The Morgan fingerprint density at radius 1 is 0.962 bits per heavy atom. The minimum atomic E-state index is -0.243. The minimum Gasteiger partial charge on any atom is -0.493 e. The first-order chi connectivity index (χ1) is 12.6. The zero-order valence-corrected chi connectivity index (χ0v) is 15.3. The lowest BCUT2D eigenvalue weighted by atomic mass is 10.0. The highest BCUT2D eigenvalue weighted by Crippen LogP contribution is 2.42. The zero-order valence-electron chi connectivity index (χ0n) is 14.6. The van der Waals surface area contributed by atoms with Crippen LogP contribution < -0.4 is 14.2 Å². The quantitative estimate of drug-likeness (QED) is 0.696. The third-order valence-corrected chi connectivity index (χ3v) is 4.24. The molecule has 0 bridgehead atoms. The molecule has 1 aromatic heterocycles. The summed E-state index contributed by atoms with van der Waals surface area (Å²) >= 11 is 5.93. The normalized spacial score (nSPS) is 10.7. The number of aromatic nitrogens is 1. The molecular weight excluding hydrogens is 358 g/mol. The first kappa shape index (κ1) is 18.1. The van der Waals surface area contributed by atoms with Gasteiger partial charge in [0.05, 0.1) is 33.5 Å². The van der Waals surface area contributed by atoms with Gasteiger partial charge in [0.1, 0.15) is 5.69 Å². The van der Waals surface area contributed by atoms with Gasteiger partial charge in [-0.25, -0.2) is 0 Å². The largest absolute Gasteiger partial charge is 0.493 e. The Bertz CT molecular complexity index is 880. The van der Waals surface area contributed by atoms with Crippen LogP contribution in [0.3, 0.4) is 0 Å². The highest BCUT2D eigenvalue weighted by atomic mass is 35.5. The van der Waals surface area contributed by atoms with Gasteiger partial charge in [-0.15, -0.1) is 0 Å². The van der Waals surface area contributed by atoms with Crippen LogP contribution in [0.15, 0.2) is 40.9 Å². The summed E-state index contributed by atoms with van der Waals surface area (Å²) in [6, 6.07) is 10.6. The van der Waals surface area contributed by atoms with Crippen LogP contribution >= 0.6 is 11.6 Å². The van der Waals surface area contributed by atoms with Crippen LogP contribution in [0, 0.1) is 0 Å². The summed E-state index contributed by atoms with van der Waals surface area (Å²) in [6.07, 6.45) is 0. The molecule has 1 N–H and O–H groups in total. The number of benzene rings is 2. The summed E-state index contributed by atoms with van der Waals surface area (Å²) in [6.45, 7) is -0.243. The highest BCUT2D eigenvalue weighted by molar-refractivity contribution is 6.30. The summed E-state index contributed by atoms with van der Waals surface area (Å²) in [4.78, 5) is 0. The third kappa shape index (κ3) is 3.21. The molecule has 7 heteroatoms. The smallest absolute Gasteiger partial charge is 0.203 e. The van der Waals surface area contributed by atoms with E-state index in [1.807, 2.05) is 0 Å². The Labute approximate surface area is 155 Å². The molecule has 0 spiro atoms. The van der Waals surface area contributed by atoms with Crippen LogP contribution in [0.25, 0.3) is 22.6 Å². The fourth-order valence-corrected chi connectivity index (χ4v) is 2.85. The molecule has 2 aromatic carbocycles. The van der Waals surface area contributed by atoms with E-state index in [9.17, 15) is 5.11 Å². The van der Waals surface area contributed by atoms with Crippen LogP contribution in [0.1, 0.15) is 5.56 Å². The van der Waals surface area contributed by atoms with E-state index in [2.05, 4.69) is 5.16 Å². The molecule has 0 radical (unpaired) electrons. The number of hydrogen-bond donors (Lipinski definition) is 1. The number of halogens is 1. The van der Waals surface area contributed by atoms with E-state index in [0.717, 1.165) is 5.56 Å². The van der Waals surface area contributed by atoms with Gasteiger partial charge < -0.3 is 23.8 Å². The van der Waals surface area contributed by atoms with Crippen LogP contribution in [0.2, 0.25) is 5.02 Å². The van der Waals surface area contributed by atoms with Gasteiger partial charge in [0.2, 0.25) is 5.75 Å². The van der Waals surface area contributed by atoms with Crippen molar-refractivity contribution >= 4 is 11.6 Å². The molecule has 1 heterocycles. The van der Waals surface area contributed by atoms with Crippen molar-refractivity contribution in [1.29, 1.82) is 0 Å². The number of ether oxygens (including phenoxy) is 3. The molecule has 0 aliphatic rings. The molecule has 0 unspecified atom stereocenters. The van der Waals surface area contributed by atoms with Gasteiger partial charge in [0.25, 0.3) is 0 Å². The lowest BCUT2D eigenvalue weighted by Crippen LogP contribution is -1.97. The molecule has 0 amide bonds. The second-order valence-electron chi connectivity index (χ2n) is 5.42. The first-order valence-electron chi connectivity index (χ1n) is 7.78.